The first-order chi connectivity index (χ1) is 6.57. The van der Waals surface area contributed by atoms with Gasteiger partial charge in [-0.3, -0.25) is 10.1 Å². The summed E-state index contributed by atoms with van der Waals surface area (Å²) in [5, 5.41) is 10.8. The lowest BCUT2D eigenvalue weighted by Crippen LogP contribution is -2.12. The third kappa shape index (κ3) is 1.90. The molecule has 0 fully saturated rings. The summed E-state index contributed by atoms with van der Waals surface area (Å²) in [5.74, 6) is 0.0246. The summed E-state index contributed by atoms with van der Waals surface area (Å²) in [6.07, 6.45) is 0. The van der Waals surface area contributed by atoms with Gasteiger partial charge in [-0.2, -0.15) is 0 Å². The van der Waals surface area contributed by atoms with E-state index in [1.165, 1.54) is 6.07 Å². The Balaban J connectivity index is 3.29. The molecule has 0 aliphatic carbocycles. The quantitative estimate of drug-likeness (QED) is 0.590. The van der Waals surface area contributed by atoms with Gasteiger partial charge in [-0.15, -0.1) is 0 Å². The molecule has 0 radical (unpaired) electrons. The molecule has 0 saturated carbocycles. The van der Waals surface area contributed by atoms with E-state index in [1.54, 1.807) is 6.07 Å². The highest BCUT2D eigenvalue weighted by Crippen LogP contribution is 2.28. The zero-order chi connectivity index (χ0) is 10.7. The molecule has 4 heteroatoms. The monoisotopic (exact) mass is 194 g/mol. The summed E-state index contributed by atoms with van der Waals surface area (Å²) in [6, 6.07) is 5.09. The van der Waals surface area contributed by atoms with Crippen LogP contribution in [0.1, 0.15) is 24.0 Å². The molecule has 1 aromatic rings. The first-order valence-electron chi connectivity index (χ1n) is 4.52. The molecule has 0 aliphatic rings. The number of nitrogens with zero attached hydrogens (tertiary/aromatic N) is 1. The molecule has 1 rings (SSSR count). The maximum atomic E-state index is 10.8. The fourth-order valence-corrected chi connectivity index (χ4v) is 1.58. The van der Waals surface area contributed by atoms with Crippen molar-refractivity contribution >= 4 is 5.69 Å². The second-order valence-electron chi connectivity index (χ2n) is 3.40. The van der Waals surface area contributed by atoms with E-state index in [0.717, 1.165) is 11.1 Å². The van der Waals surface area contributed by atoms with Crippen LogP contribution in [0.15, 0.2) is 18.2 Å². The van der Waals surface area contributed by atoms with E-state index in [-0.39, 0.29) is 16.5 Å². The lowest BCUT2D eigenvalue weighted by Gasteiger charge is -2.12. The van der Waals surface area contributed by atoms with Gasteiger partial charge in [0.1, 0.15) is 0 Å². The van der Waals surface area contributed by atoms with E-state index in [0.29, 0.717) is 6.54 Å². The summed E-state index contributed by atoms with van der Waals surface area (Å²) in [7, 11) is 0. The summed E-state index contributed by atoms with van der Waals surface area (Å²) >= 11 is 0. The van der Waals surface area contributed by atoms with Crippen molar-refractivity contribution in [1.29, 1.82) is 0 Å². The van der Waals surface area contributed by atoms with Crippen molar-refractivity contribution in [1.82, 2.24) is 0 Å². The van der Waals surface area contributed by atoms with E-state index in [1.807, 2.05) is 19.9 Å². The standard InChI is InChI=1S/C10H14N2O2/c1-7-4-3-5-9(12(13)14)10(7)8(2)6-11/h3-5,8H,6,11H2,1-2H3. The van der Waals surface area contributed by atoms with Gasteiger partial charge in [0.05, 0.1) is 4.92 Å². The van der Waals surface area contributed by atoms with Gasteiger partial charge in [-0.05, 0) is 19.0 Å². The molecule has 1 atom stereocenters. The van der Waals surface area contributed by atoms with Crippen molar-refractivity contribution in [2.75, 3.05) is 6.54 Å². The Labute approximate surface area is 82.9 Å². The van der Waals surface area contributed by atoms with E-state index in [2.05, 4.69) is 0 Å². The molecule has 0 heterocycles. The van der Waals surface area contributed by atoms with Crippen LogP contribution in [0, 0.1) is 17.0 Å². The SMILES string of the molecule is Cc1cccc([N+](=O)[O-])c1C(C)CN. The summed E-state index contributed by atoms with van der Waals surface area (Å²) < 4.78 is 0. The predicted molar refractivity (Wildman–Crippen MR) is 55.3 cm³/mol. The fraction of sp³-hybridized carbons (Fsp3) is 0.400. The van der Waals surface area contributed by atoms with Crippen molar-refractivity contribution in [2.24, 2.45) is 5.73 Å². The van der Waals surface area contributed by atoms with Crippen molar-refractivity contribution in [3.8, 4) is 0 Å². The topological polar surface area (TPSA) is 69.2 Å². The van der Waals surface area contributed by atoms with E-state index in [9.17, 15) is 10.1 Å². The van der Waals surface area contributed by atoms with E-state index >= 15 is 0 Å². The highest BCUT2D eigenvalue weighted by Gasteiger charge is 2.19. The molecule has 0 amide bonds. The first-order valence-corrected chi connectivity index (χ1v) is 4.52. The molecule has 2 N–H and O–H groups in total. The van der Waals surface area contributed by atoms with Crippen LogP contribution in [0.25, 0.3) is 0 Å². The smallest absolute Gasteiger partial charge is 0.273 e. The van der Waals surface area contributed by atoms with Crippen LogP contribution < -0.4 is 5.73 Å². The summed E-state index contributed by atoms with van der Waals surface area (Å²) in [6.45, 7) is 4.19. The van der Waals surface area contributed by atoms with Gasteiger partial charge in [-0.1, -0.05) is 19.1 Å². The second kappa shape index (κ2) is 4.19. The number of nitro groups is 1. The second-order valence-corrected chi connectivity index (χ2v) is 3.40. The fourth-order valence-electron chi connectivity index (χ4n) is 1.58. The average Bonchev–Trinajstić information content (AvgIpc) is 2.16. The molecule has 0 saturated heterocycles. The minimum atomic E-state index is -0.353. The first kappa shape index (κ1) is 10.7. The van der Waals surface area contributed by atoms with E-state index in [4.69, 9.17) is 5.73 Å². The van der Waals surface area contributed by atoms with Crippen molar-refractivity contribution < 1.29 is 4.92 Å². The Hall–Kier alpha value is -1.42. The van der Waals surface area contributed by atoms with Gasteiger partial charge in [0.2, 0.25) is 0 Å². The van der Waals surface area contributed by atoms with Crippen LogP contribution in [0.5, 0.6) is 0 Å². The van der Waals surface area contributed by atoms with Crippen LogP contribution in [-0.2, 0) is 0 Å². The maximum Gasteiger partial charge on any atom is 0.273 e. The van der Waals surface area contributed by atoms with Crippen molar-refractivity contribution in [3.63, 3.8) is 0 Å². The zero-order valence-electron chi connectivity index (χ0n) is 8.36. The van der Waals surface area contributed by atoms with E-state index < -0.39 is 0 Å². The molecule has 4 nitrogen and oxygen atoms in total. The predicted octanol–water partition coefficient (Wildman–Crippen LogP) is 1.97. The minimum Gasteiger partial charge on any atom is -0.330 e. The number of nitro benzene ring substituents is 1. The maximum absolute atomic E-state index is 10.8. The lowest BCUT2D eigenvalue weighted by molar-refractivity contribution is -0.385. The zero-order valence-corrected chi connectivity index (χ0v) is 8.36. The number of hydrogen-bond acceptors (Lipinski definition) is 3. The van der Waals surface area contributed by atoms with Crippen molar-refractivity contribution in [3.05, 3.63) is 39.4 Å². The largest absolute Gasteiger partial charge is 0.330 e. The summed E-state index contributed by atoms with van der Waals surface area (Å²) in [4.78, 5) is 10.4. The number of nitrogens with two attached hydrogens (primary N) is 1. The third-order valence-corrected chi connectivity index (χ3v) is 2.34. The molecular weight excluding hydrogens is 180 g/mol. The molecule has 1 unspecified atom stereocenters. The number of hydrogen-bond donors (Lipinski definition) is 1. The van der Waals surface area contributed by atoms with Crippen LogP contribution in [0.3, 0.4) is 0 Å². The molecule has 76 valence electrons. The van der Waals surface area contributed by atoms with Gasteiger partial charge >= 0.3 is 0 Å². The highest BCUT2D eigenvalue weighted by atomic mass is 16.6. The third-order valence-electron chi connectivity index (χ3n) is 2.34. The molecule has 0 aromatic heterocycles. The Morgan fingerprint density at radius 1 is 1.57 bits per heavy atom. The average molecular weight is 194 g/mol. The molecule has 0 aliphatic heterocycles. The minimum absolute atomic E-state index is 0.0246. The summed E-state index contributed by atoms with van der Waals surface area (Å²) in [5.41, 5.74) is 7.37. The molecule has 1 aromatic carbocycles. The number of benzene rings is 1. The molecule has 0 bridgehead atoms. The molecule has 14 heavy (non-hydrogen) atoms. The van der Waals surface area contributed by atoms with Gasteiger partial charge in [0.15, 0.2) is 0 Å². The van der Waals surface area contributed by atoms with Crippen LogP contribution in [0.4, 0.5) is 5.69 Å². The van der Waals surface area contributed by atoms with Gasteiger partial charge < -0.3 is 5.73 Å². The Morgan fingerprint density at radius 2 is 2.21 bits per heavy atom. The number of aryl methyl sites for hydroxylation is 1. The van der Waals surface area contributed by atoms with Crippen LogP contribution in [-0.4, -0.2) is 11.5 Å². The van der Waals surface area contributed by atoms with Gasteiger partial charge in [0.25, 0.3) is 5.69 Å². The molecular formula is C10H14N2O2. The van der Waals surface area contributed by atoms with Crippen LogP contribution in [0.2, 0.25) is 0 Å². The van der Waals surface area contributed by atoms with Gasteiger partial charge in [0, 0.05) is 17.5 Å². The number of rotatable bonds is 3. The normalized spacial score (nSPS) is 12.5. The Bertz CT molecular complexity index is 350. The Kier molecular flexibility index (Phi) is 3.19. The highest BCUT2D eigenvalue weighted by molar-refractivity contribution is 5.47. The van der Waals surface area contributed by atoms with Gasteiger partial charge in [-0.25, -0.2) is 0 Å². The Morgan fingerprint density at radius 3 is 2.71 bits per heavy atom. The lowest BCUT2D eigenvalue weighted by atomic mass is 9.95. The van der Waals surface area contributed by atoms with Crippen LogP contribution >= 0.6 is 0 Å². The molecule has 0 spiro atoms. The van der Waals surface area contributed by atoms with Crippen molar-refractivity contribution in [2.45, 2.75) is 19.8 Å².